The number of nitrogens with one attached hydrogen (secondary N) is 2. The van der Waals surface area contributed by atoms with E-state index in [4.69, 9.17) is 9.47 Å². The van der Waals surface area contributed by atoms with Gasteiger partial charge >= 0.3 is 0 Å². The van der Waals surface area contributed by atoms with Crippen LogP contribution in [0.2, 0.25) is 0 Å². The number of hydrogen-bond donors (Lipinski definition) is 2. The van der Waals surface area contributed by atoms with E-state index in [9.17, 15) is 0 Å². The lowest BCUT2D eigenvalue weighted by molar-refractivity contribution is 0.311. The van der Waals surface area contributed by atoms with Gasteiger partial charge < -0.3 is 24.7 Å². The molecule has 0 radical (unpaired) electrons. The average Bonchev–Trinajstić information content (AvgIpc) is 3.02. The Bertz CT molecular complexity index is 784. The second kappa shape index (κ2) is 13.5. The molecule has 8 nitrogen and oxygen atoms in total. The fourth-order valence-electron chi connectivity index (χ4n) is 2.46. The zero-order valence-corrected chi connectivity index (χ0v) is 20.8. The molecule has 0 fully saturated rings. The number of thioether (sulfide) groups is 1. The molecule has 1 aromatic carbocycles. The molecule has 2 rings (SSSR count). The van der Waals surface area contributed by atoms with Crippen molar-refractivity contribution in [3.05, 3.63) is 29.8 Å². The first-order valence-electron chi connectivity index (χ1n) is 9.29. The van der Waals surface area contributed by atoms with Crippen LogP contribution in [0.25, 0.3) is 0 Å². The number of aliphatic imine (C=N–C) groups is 1. The van der Waals surface area contributed by atoms with Crippen molar-refractivity contribution in [3.8, 4) is 11.5 Å². The number of methoxy groups -OCH3 is 1. The normalized spacial score (nSPS) is 11.0. The summed E-state index contributed by atoms with van der Waals surface area (Å²) in [5.41, 5.74) is 0.866. The van der Waals surface area contributed by atoms with Crippen molar-refractivity contribution in [2.24, 2.45) is 12.0 Å². The molecule has 0 atom stereocenters. The van der Waals surface area contributed by atoms with Gasteiger partial charge in [-0.3, -0.25) is 0 Å². The van der Waals surface area contributed by atoms with Crippen LogP contribution in [-0.2, 0) is 13.6 Å². The summed E-state index contributed by atoms with van der Waals surface area (Å²) in [6, 6.07) is 5.73. The number of ether oxygens (including phenoxy) is 2. The van der Waals surface area contributed by atoms with Gasteiger partial charge in [-0.05, 0) is 44.4 Å². The Morgan fingerprint density at radius 1 is 1.28 bits per heavy atom. The van der Waals surface area contributed by atoms with Crippen LogP contribution < -0.4 is 20.1 Å². The summed E-state index contributed by atoms with van der Waals surface area (Å²) < 4.78 is 13.0. The number of anilines is 1. The number of benzene rings is 1. The summed E-state index contributed by atoms with van der Waals surface area (Å²) in [4.78, 5) is 4.67. The molecule has 10 heteroatoms. The molecule has 2 aromatic rings. The average molecular weight is 534 g/mol. The quantitative estimate of drug-likeness (QED) is 0.209. The van der Waals surface area contributed by atoms with E-state index in [-0.39, 0.29) is 24.0 Å². The van der Waals surface area contributed by atoms with Crippen LogP contribution in [0.3, 0.4) is 0 Å². The van der Waals surface area contributed by atoms with Crippen LogP contribution in [0.5, 0.6) is 11.5 Å². The fraction of sp³-hybridized carbons (Fsp3) is 0.526. The lowest BCUT2D eigenvalue weighted by Crippen LogP contribution is -2.32. The third kappa shape index (κ3) is 7.92. The highest BCUT2D eigenvalue weighted by molar-refractivity contribution is 14.0. The minimum atomic E-state index is 0. The van der Waals surface area contributed by atoms with Gasteiger partial charge in [0, 0.05) is 25.3 Å². The van der Waals surface area contributed by atoms with Gasteiger partial charge in [0.15, 0.2) is 23.3 Å². The van der Waals surface area contributed by atoms with Gasteiger partial charge in [-0.25, -0.2) is 4.99 Å². The zero-order valence-electron chi connectivity index (χ0n) is 17.7. The number of aryl methyl sites for hydroxylation is 1. The maximum atomic E-state index is 5.58. The van der Waals surface area contributed by atoms with Gasteiger partial charge in [-0.15, -0.1) is 34.2 Å². The molecule has 29 heavy (non-hydrogen) atoms. The molecule has 0 unspecified atom stereocenters. The van der Waals surface area contributed by atoms with Crippen molar-refractivity contribution >= 4 is 47.4 Å². The maximum absolute atomic E-state index is 5.58. The lowest BCUT2D eigenvalue weighted by atomic mass is 10.2. The largest absolute Gasteiger partial charge is 0.493 e. The Kier molecular flexibility index (Phi) is 11.8. The van der Waals surface area contributed by atoms with Gasteiger partial charge in [0.2, 0.25) is 0 Å². The second-order valence-corrected chi connectivity index (χ2v) is 7.07. The summed E-state index contributed by atoms with van der Waals surface area (Å²) in [5, 5.41) is 15.0. The molecule has 0 saturated heterocycles. The molecule has 0 saturated carbocycles. The second-order valence-electron chi connectivity index (χ2n) is 6.08. The van der Waals surface area contributed by atoms with Gasteiger partial charge in [-0.1, -0.05) is 0 Å². The highest BCUT2D eigenvalue weighted by atomic mass is 127. The van der Waals surface area contributed by atoms with E-state index in [0.717, 1.165) is 41.8 Å². The highest BCUT2D eigenvalue weighted by Crippen LogP contribution is 2.30. The number of halogens is 1. The molecule has 1 aromatic heterocycles. The number of nitrogens with zero attached hydrogens (tertiary/aromatic N) is 4. The van der Waals surface area contributed by atoms with Crippen molar-refractivity contribution in [2.45, 2.75) is 26.8 Å². The Balaban J connectivity index is 0.00000420. The van der Waals surface area contributed by atoms with E-state index >= 15 is 0 Å². The SMILES string of the molecule is CCOc1ccc(NC(=NCc2nnc(C)n2C)NCCCSC)cc1OC.I. The first-order chi connectivity index (χ1) is 13.6. The smallest absolute Gasteiger partial charge is 0.196 e. The molecule has 1 heterocycles. The Labute approximate surface area is 194 Å². The minimum absolute atomic E-state index is 0. The topological polar surface area (TPSA) is 85.6 Å². The van der Waals surface area contributed by atoms with Gasteiger partial charge in [0.1, 0.15) is 12.4 Å². The van der Waals surface area contributed by atoms with E-state index in [1.165, 1.54) is 0 Å². The van der Waals surface area contributed by atoms with Gasteiger partial charge in [-0.2, -0.15) is 11.8 Å². The molecule has 0 aliphatic carbocycles. The van der Waals surface area contributed by atoms with Crippen LogP contribution in [0, 0.1) is 6.92 Å². The van der Waals surface area contributed by atoms with E-state index in [1.54, 1.807) is 7.11 Å². The number of hydrogen-bond acceptors (Lipinski definition) is 6. The van der Waals surface area contributed by atoms with E-state index in [2.05, 4.69) is 32.1 Å². The molecule has 0 amide bonds. The monoisotopic (exact) mass is 534 g/mol. The van der Waals surface area contributed by atoms with Crippen molar-refractivity contribution in [2.75, 3.05) is 37.6 Å². The number of aromatic nitrogens is 3. The third-order valence-corrected chi connectivity index (χ3v) is 4.80. The lowest BCUT2D eigenvalue weighted by Gasteiger charge is -2.15. The maximum Gasteiger partial charge on any atom is 0.196 e. The first-order valence-corrected chi connectivity index (χ1v) is 10.7. The summed E-state index contributed by atoms with van der Waals surface area (Å²) in [5.74, 6) is 4.86. The minimum Gasteiger partial charge on any atom is -0.493 e. The summed E-state index contributed by atoms with van der Waals surface area (Å²) in [7, 11) is 3.57. The first kappa shape index (κ1) is 25.3. The molecule has 2 N–H and O–H groups in total. The van der Waals surface area contributed by atoms with Gasteiger partial charge in [0.25, 0.3) is 0 Å². The fourth-order valence-corrected chi connectivity index (χ4v) is 2.89. The third-order valence-electron chi connectivity index (χ3n) is 4.11. The van der Waals surface area contributed by atoms with Crippen LogP contribution in [0.1, 0.15) is 25.0 Å². The van der Waals surface area contributed by atoms with Gasteiger partial charge in [0.05, 0.1) is 13.7 Å². The Morgan fingerprint density at radius 2 is 2.07 bits per heavy atom. The predicted molar refractivity (Wildman–Crippen MR) is 131 cm³/mol. The molecule has 0 aliphatic heterocycles. The van der Waals surface area contributed by atoms with Crippen molar-refractivity contribution in [3.63, 3.8) is 0 Å². The molecule has 0 spiro atoms. The number of rotatable bonds is 10. The van der Waals surface area contributed by atoms with E-state index < -0.39 is 0 Å². The van der Waals surface area contributed by atoms with Crippen LogP contribution in [-0.4, -0.2) is 53.0 Å². The van der Waals surface area contributed by atoms with Crippen LogP contribution in [0.15, 0.2) is 23.2 Å². The Hall–Kier alpha value is -1.69. The van der Waals surface area contributed by atoms with Crippen molar-refractivity contribution < 1.29 is 9.47 Å². The Morgan fingerprint density at radius 3 is 2.69 bits per heavy atom. The molecule has 162 valence electrons. The molecule has 0 aliphatic rings. The number of guanidine groups is 1. The summed E-state index contributed by atoms with van der Waals surface area (Å²) in [6.07, 6.45) is 3.16. The highest BCUT2D eigenvalue weighted by Gasteiger charge is 2.08. The van der Waals surface area contributed by atoms with Crippen LogP contribution in [0.4, 0.5) is 5.69 Å². The predicted octanol–water partition coefficient (Wildman–Crippen LogP) is 3.46. The molecular weight excluding hydrogens is 503 g/mol. The standard InChI is InChI=1S/C19H30N6O2S.HI/c1-6-27-16-9-8-15(12-17(16)26-4)22-19(20-10-7-11-28-5)21-13-18-24-23-14(2)25(18)3;/h8-9,12H,6-7,10-11,13H2,1-5H3,(H2,20,21,22);1H. The summed E-state index contributed by atoms with van der Waals surface area (Å²) in [6.45, 7) is 5.72. The zero-order chi connectivity index (χ0) is 20.4. The summed E-state index contributed by atoms with van der Waals surface area (Å²) >= 11 is 1.83. The molecule has 0 bridgehead atoms. The van der Waals surface area contributed by atoms with Crippen molar-refractivity contribution in [1.29, 1.82) is 0 Å². The van der Waals surface area contributed by atoms with E-state index in [0.29, 0.717) is 24.9 Å². The molecular formula is C19H31IN6O2S. The van der Waals surface area contributed by atoms with Crippen LogP contribution >= 0.6 is 35.7 Å². The van der Waals surface area contributed by atoms with Crippen molar-refractivity contribution in [1.82, 2.24) is 20.1 Å². The van der Waals surface area contributed by atoms with E-state index in [1.807, 2.05) is 55.4 Å².